The van der Waals surface area contributed by atoms with E-state index in [4.69, 9.17) is 11.6 Å². The predicted molar refractivity (Wildman–Crippen MR) is 62.2 cm³/mol. The average molecular weight is 296 g/mol. The molecule has 0 bridgehead atoms. The summed E-state index contributed by atoms with van der Waals surface area (Å²) in [6, 6.07) is 3.22. The number of sulfonamides is 1. The van der Waals surface area contributed by atoms with Gasteiger partial charge in [0.1, 0.15) is 10.7 Å². The zero-order valence-corrected chi connectivity index (χ0v) is 10.7. The molecule has 0 aromatic heterocycles. The van der Waals surface area contributed by atoms with Crippen molar-refractivity contribution in [1.82, 2.24) is 4.31 Å². The number of rotatable bonds is 2. The molecule has 1 heterocycles. The summed E-state index contributed by atoms with van der Waals surface area (Å²) in [7, 11) is -4.07. The Morgan fingerprint density at radius 2 is 1.83 bits per heavy atom. The van der Waals surface area contributed by atoms with Gasteiger partial charge in [-0.25, -0.2) is 12.8 Å². The number of nitrogens with zero attached hydrogens (tertiary/aromatic N) is 1. The van der Waals surface area contributed by atoms with E-state index in [1.165, 1.54) is 6.07 Å². The van der Waals surface area contributed by atoms with Gasteiger partial charge in [0.05, 0.1) is 12.2 Å². The molecule has 8 heteroatoms. The number of halogens is 2. The second kappa shape index (κ2) is 4.75. The van der Waals surface area contributed by atoms with Crippen LogP contribution in [0.15, 0.2) is 23.1 Å². The normalized spacial score (nSPS) is 25.6. The molecule has 5 nitrogen and oxygen atoms in total. The number of hydrogen-bond donors (Lipinski definition) is 2. The fourth-order valence-corrected chi connectivity index (χ4v) is 3.44. The molecule has 0 unspecified atom stereocenters. The van der Waals surface area contributed by atoms with E-state index >= 15 is 0 Å². The lowest BCUT2D eigenvalue weighted by atomic mass is 10.3. The van der Waals surface area contributed by atoms with Gasteiger partial charge in [0.25, 0.3) is 0 Å². The van der Waals surface area contributed by atoms with Crippen LogP contribution >= 0.6 is 11.6 Å². The van der Waals surface area contributed by atoms with Crippen molar-refractivity contribution in [2.75, 3.05) is 13.1 Å². The summed E-state index contributed by atoms with van der Waals surface area (Å²) in [4.78, 5) is -0.520. The van der Waals surface area contributed by atoms with Crippen molar-refractivity contribution in [2.24, 2.45) is 0 Å². The highest BCUT2D eigenvalue weighted by molar-refractivity contribution is 7.89. The van der Waals surface area contributed by atoms with Crippen LogP contribution in [0.5, 0.6) is 0 Å². The third-order valence-electron chi connectivity index (χ3n) is 2.74. The topological polar surface area (TPSA) is 77.8 Å². The number of aliphatic hydroxyl groups excluding tert-OH is 2. The Morgan fingerprint density at radius 3 is 2.33 bits per heavy atom. The number of hydrogen-bond acceptors (Lipinski definition) is 4. The summed E-state index contributed by atoms with van der Waals surface area (Å²) < 4.78 is 38.6. The monoisotopic (exact) mass is 295 g/mol. The quantitative estimate of drug-likeness (QED) is 0.817. The summed E-state index contributed by atoms with van der Waals surface area (Å²) in [5, 5.41) is 18.7. The molecule has 100 valence electrons. The van der Waals surface area contributed by atoms with Gasteiger partial charge in [-0.15, -0.1) is 0 Å². The summed E-state index contributed by atoms with van der Waals surface area (Å²) in [6.45, 7) is -0.517. The Balaban J connectivity index is 2.37. The largest absolute Gasteiger partial charge is 0.389 e. The lowest BCUT2D eigenvalue weighted by Gasteiger charge is -2.16. The molecule has 2 rings (SSSR count). The zero-order chi connectivity index (χ0) is 13.5. The van der Waals surface area contributed by atoms with Gasteiger partial charge in [-0.2, -0.15) is 4.31 Å². The fraction of sp³-hybridized carbons (Fsp3) is 0.400. The van der Waals surface area contributed by atoms with E-state index in [1.54, 1.807) is 0 Å². The first-order valence-corrected chi connectivity index (χ1v) is 6.95. The van der Waals surface area contributed by atoms with Crippen LogP contribution in [0.4, 0.5) is 4.39 Å². The second-order valence-electron chi connectivity index (χ2n) is 4.03. The zero-order valence-electron chi connectivity index (χ0n) is 9.12. The molecule has 1 aromatic carbocycles. The first-order chi connectivity index (χ1) is 8.32. The minimum absolute atomic E-state index is 0.0907. The first-order valence-electron chi connectivity index (χ1n) is 5.13. The highest BCUT2D eigenvalue weighted by Crippen LogP contribution is 2.25. The van der Waals surface area contributed by atoms with Crippen LogP contribution in [-0.2, 0) is 10.0 Å². The number of aliphatic hydroxyl groups is 2. The van der Waals surface area contributed by atoms with Gasteiger partial charge in [0.15, 0.2) is 0 Å². The van der Waals surface area contributed by atoms with Crippen molar-refractivity contribution in [2.45, 2.75) is 17.1 Å². The van der Waals surface area contributed by atoms with Crippen LogP contribution in [0.1, 0.15) is 0 Å². The summed E-state index contributed by atoms with van der Waals surface area (Å²) in [6.07, 6.45) is -2.31. The van der Waals surface area contributed by atoms with Gasteiger partial charge >= 0.3 is 0 Å². The van der Waals surface area contributed by atoms with Crippen molar-refractivity contribution >= 4 is 21.6 Å². The van der Waals surface area contributed by atoms with E-state index in [1.807, 2.05) is 0 Å². The van der Waals surface area contributed by atoms with E-state index in [0.29, 0.717) is 0 Å². The van der Waals surface area contributed by atoms with E-state index < -0.39 is 32.9 Å². The van der Waals surface area contributed by atoms with E-state index in [0.717, 1.165) is 16.4 Å². The minimum atomic E-state index is -4.07. The van der Waals surface area contributed by atoms with Gasteiger partial charge in [0.2, 0.25) is 10.0 Å². The van der Waals surface area contributed by atoms with Gasteiger partial charge in [-0.05, 0) is 18.2 Å². The Bertz CT molecular complexity index is 555. The van der Waals surface area contributed by atoms with Gasteiger partial charge in [-0.1, -0.05) is 11.6 Å². The molecule has 18 heavy (non-hydrogen) atoms. The van der Waals surface area contributed by atoms with Crippen LogP contribution in [-0.4, -0.2) is 48.2 Å². The molecule has 1 aliphatic heterocycles. The number of β-amino-alcohol motifs (C(OH)–C–C–N with tert-alkyl or cyclic N) is 2. The molecule has 1 saturated heterocycles. The third kappa shape index (κ3) is 2.36. The van der Waals surface area contributed by atoms with Crippen molar-refractivity contribution in [3.8, 4) is 0 Å². The minimum Gasteiger partial charge on any atom is -0.389 e. The van der Waals surface area contributed by atoms with E-state index in [-0.39, 0.29) is 18.1 Å². The predicted octanol–water partition coefficient (Wildman–Crippen LogP) is 0.205. The maximum absolute atomic E-state index is 13.6. The van der Waals surface area contributed by atoms with Crippen LogP contribution < -0.4 is 0 Å². The average Bonchev–Trinajstić information content (AvgIpc) is 2.59. The first kappa shape index (κ1) is 13.7. The number of benzene rings is 1. The molecule has 1 aliphatic rings. The molecule has 0 aliphatic carbocycles. The molecular weight excluding hydrogens is 285 g/mol. The maximum Gasteiger partial charge on any atom is 0.246 e. The molecule has 1 aromatic rings. The molecule has 1 fully saturated rings. The lowest BCUT2D eigenvalue weighted by Crippen LogP contribution is -2.30. The Morgan fingerprint density at radius 1 is 1.28 bits per heavy atom. The second-order valence-corrected chi connectivity index (χ2v) is 6.37. The van der Waals surface area contributed by atoms with Gasteiger partial charge in [0, 0.05) is 18.1 Å². The van der Waals surface area contributed by atoms with Crippen LogP contribution in [0, 0.1) is 5.82 Å². The van der Waals surface area contributed by atoms with Crippen LogP contribution in [0.25, 0.3) is 0 Å². The molecule has 2 atom stereocenters. The summed E-state index contributed by atoms with van der Waals surface area (Å²) in [5.41, 5.74) is 0. The SMILES string of the molecule is O=S(=O)(c1ccc(Cl)cc1F)N1C[C@@H](O)[C@@H](O)C1. The van der Waals surface area contributed by atoms with E-state index in [9.17, 15) is 23.0 Å². The summed E-state index contributed by atoms with van der Waals surface area (Å²) in [5.74, 6) is -0.960. The smallest absolute Gasteiger partial charge is 0.246 e. The van der Waals surface area contributed by atoms with Crippen molar-refractivity contribution < 1.29 is 23.0 Å². The highest BCUT2D eigenvalue weighted by Gasteiger charge is 2.38. The molecule has 0 spiro atoms. The van der Waals surface area contributed by atoms with Crippen molar-refractivity contribution in [3.63, 3.8) is 0 Å². The fourth-order valence-electron chi connectivity index (χ4n) is 1.75. The molecular formula is C10H11ClFNO4S. The molecule has 0 radical (unpaired) electrons. The highest BCUT2D eigenvalue weighted by atomic mass is 35.5. The Labute approximate surface area is 108 Å². The third-order valence-corrected chi connectivity index (χ3v) is 4.84. The standard InChI is InChI=1S/C10H11ClFNO4S/c11-6-1-2-10(7(12)3-6)18(16,17)13-4-8(14)9(15)5-13/h1-3,8-9,14-15H,4-5H2/t8-,9+. The lowest BCUT2D eigenvalue weighted by molar-refractivity contribution is 0.0572. The van der Waals surface area contributed by atoms with Crippen molar-refractivity contribution in [1.29, 1.82) is 0 Å². The van der Waals surface area contributed by atoms with E-state index in [2.05, 4.69) is 0 Å². The van der Waals surface area contributed by atoms with Gasteiger partial charge < -0.3 is 10.2 Å². The Hall–Kier alpha value is -0.730. The van der Waals surface area contributed by atoms with Crippen molar-refractivity contribution in [3.05, 3.63) is 29.0 Å². The molecule has 0 amide bonds. The van der Waals surface area contributed by atoms with Crippen LogP contribution in [0.3, 0.4) is 0 Å². The van der Waals surface area contributed by atoms with Gasteiger partial charge in [-0.3, -0.25) is 0 Å². The maximum atomic E-state index is 13.6. The van der Waals surface area contributed by atoms with Crippen LogP contribution in [0.2, 0.25) is 5.02 Å². The Kier molecular flexibility index (Phi) is 3.61. The molecule has 2 N–H and O–H groups in total. The molecule has 0 saturated carbocycles. The summed E-state index contributed by atoms with van der Waals surface area (Å²) >= 11 is 5.54.